The van der Waals surface area contributed by atoms with E-state index in [4.69, 9.17) is 4.74 Å². The van der Waals surface area contributed by atoms with Crippen LogP contribution in [0.15, 0.2) is 66.7 Å². The summed E-state index contributed by atoms with van der Waals surface area (Å²) in [5.41, 5.74) is 6.36. The number of amides is 2. The van der Waals surface area contributed by atoms with Gasteiger partial charge in [0.1, 0.15) is 0 Å². The van der Waals surface area contributed by atoms with Crippen LogP contribution in [0.3, 0.4) is 0 Å². The molecule has 1 aliphatic heterocycles. The first kappa shape index (κ1) is 22.2. The summed E-state index contributed by atoms with van der Waals surface area (Å²) in [7, 11) is 0. The lowest BCUT2D eigenvalue weighted by atomic mass is 9.98. The van der Waals surface area contributed by atoms with E-state index in [0.717, 1.165) is 72.9 Å². The highest BCUT2D eigenvalue weighted by molar-refractivity contribution is 6.05. The molecule has 174 valence electrons. The van der Waals surface area contributed by atoms with Crippen LogP contribution < -0.4 is 15.5 Å². The number of nitrogens with one attached hydrogen (secondary N) is 2. The topological polar surface area (TPSA) is 70.7 Å². The van der Waals surface area contributed by atoms with Crippen LogP contribution in [0.1, 0.15) is 28.8 Å². The van der Waals surface area contributed by atoms with Crippen molar-refractivity contribution in [3.05, 3.63) is 77.9 Å². The molecule has 6 heteroatoms. The second-order valence-electron chi connectivity index (χ2n) is 8.97. The molecule has 2 N–H and O–H groups in total. The van der Waals surface area contributed by atoms with Crippen molar-refractivity contribution in [1.29, 1.82) is 0 Å². The number of carbonyl (C=O) groups is 2. The molecule has 0 radical (unpaired) electrons. The van der Waals surface area contributed by atoms with Gasteiger partial charge in [0.05, 0.1) is 13.2 Å². The number of morpholine rings is 1. The predicted octanol–water partition coefficient (Wildman–Crippen LogP) is 5.10. The molecule has 3 aromatic carbocycles. The molecule has 34 heavy (non-hydrogen) atoms. The van der Waals surface area contributed by atoms with Crippen molar-refractivity contribution in [3.63, 3.8) is 0 Å². The summed E-state index contributed by atoms with van der Waals surface area (Å²) in [6.45, 7) is 5.26. The predicted molar refractivity (Wildman–Crippen MR) is 135 cm³/mol. The Balaban J connectivity index is 1.27. The first-order valence-electron chi connectivity index (χ1n) is 11.8. The van der Waals surface area contributed by atoms with E-state index >= 15 is 0 Å². The zero-order valence-electron chi connectivity index (χ0n) is 19.3. The molecule has 3 aromatic rings. The van der Waals surface area contributed by atoms with Crippen molar-refractivity contribution >= 4 is 28.9 Å². The quantitative estimate of drug-likeness (QED) is 0.543. The maximum atomic E-state index is 12.9. The molecule has 0 bridgehead atoms. The van der Waals surface area contributed by atoms with Gasteiger partial charge in [-0.05, 0) is 85.0 Å². The molecular weight excluding hydrogens is 426 g/mol. The Morgan fingerprint density at radius 1 is 0.882 bits per heavy atom. The number of aryl methyl sites for hydroxylation is 1. The number of hydrogen-bond donors (Lipinski definition) is 2. The van der Waals surface area contributed by atoms with Gasteiger partial charge in [-0.1, -0.05) is 18.2 Å². The normalized spacial score (nSPS) is 15.6. The zero-order valence-corrected chi connectivity index (χ0v) is 19.3. The second kappa shape index (κ2) is 9.69. The minimum Gasteiger partial charge on any atom is -0.378 e. The Bertz CT molecular complexity index is 1200. The van der Waals surface area contributed by atoms with Crippen molar-refractivity contribution < 1.29 is 14.3 Å². The van der Waals surface area contributed by atoms with Gasteiger partial charge in [-0.2, -0.15) is 0 Å². The minimum absolute atomic E-state index is 0.101. The molecule has 5 rings (SSSR count). The highest BCUT2D eigenvalue weighted by atomic mass is 16.5. The first-order valence-corrected chi connectivity index (χ1v) is 11.8. The number of rotatable bonds is 6. The summed E-state index contributed by atoms with van der Waals surface area (Å²) in [5.74, 6) is 0.126. The van der Waals surface area contributed by atoms with Crippen LogP contribution in [0.2, 0.25) is 0 Å². The standard InChI is InChI=1S/C28H29N3O3/c1-19-17-24(30-27(32)20-5-6-20)9-12-26(19)21-3-2-4-22(18-21)28(33)29-23-7-10-25(11-8-23)31-13-15-34-16-14-31/h2-4,7-12,17-18,20H,5-6,13-16H2,1H3,(H,29,33)(H,30,32). The van der Waals surface area contributed by atoms with Crippen LogP contribution in [0.4, 0.5) is 17.1 Å². The molecule has 1 aliphatic carbocycles. The third-order valence-electron chi connectivity index (χ3n) is 6.38. The van der Waals surface area contributed by atoms with Crippen LogP contribution in [-0.4, -0.2) is 38.1 Å². The van der Waals surface area contributed by atoms with Crippen LogP contribution in [0.5, 0.6) is 0 Å². The van der Waals surface area contributed by atoms with Gasteiger partial charge in [0, 0.05) is 41.6 Å². The number of nitrogens with zero attached hydrogens (tertiary/aromatic N) is 1. The van der Waals surface area contributed by atoms with Crippen molar-refractivity contribution in [2.75, 3.05) is 41.8 Å². The second-order valence-corrected chi connectivity index (χ2v) is 8.97. The lowest BCUT2D eigenvalue weighted by Gasteiger charge is -2.28. The van der Waals surface area contributed by atoms with Gasteiger partial charge in [0.15, 0.2) is 0 Å². The first-order chi connectivity index (χ1) is 16.6. The molecular formula is C28H29N3O3. The van der Waals surface area contributed by atoms with E-state index in [1.165, 1.54) is 0 Å². The highest BCUT2D eigenvalue weighted by Crippen LogP contribution is 2.31. The summed E-state index contributed by atoms with van der Waals surface area (Å²) in [5, 5.41) is 5.99. The fraction of sp³-hybridized carbons (Fsp3) is 0.286. The molecule has 1 heterocycles. The average molecular weight is 456 g/mol. The Morgan fingerprint density at radius 3 is 2.32 bits per heavy atom. The summed E-state index contributed by atoms with van der Waals surface area (Å²) < 4.78 is 5.41. The number of hydrogen-bond acceptors (Lipinski definition) is 4. The van der Waals surface area contributed by atoms with Crippen molar-refractivity contribution in [1.82, 2.24) is 0 Å². The molecule has 6 nitrogen and oxygen atoms in total. The fourth-order valence-corrected chi connectivity index (χ4v) is 4.26. The summed E-state index contributed by atoms with van der Waals surface area (Å²) in [6.07, 6.45) is 1.96. The Morgan fingerprint density at radius 2 is 1.62 bits per heavy atom. The van der Waals surface area contributed by atoms with Gasteiger partial charge >= 0.3 is 0 Å². The molecule has 0 spiro atoms. The lowest BCUT2D eigenvalue weighted by molar-refractivity contribution is -0.117. The highest BCUT2D eigenvalue weighted by Gasteiger charge is 2.29. The van der Waals surface area contributed by atoms with Crippen LogP contribution in [0, 0.1) is 12.8 Å². The Hall–Kier alpha value is -3.64. The SMILES string of the molecule is Cc1cc(NC(=O)C2CC2)ccc1-c1cccc(C(=O)Nc2ccc(N3CCOCC3)cc2)c1. The van der Waals surface area contributed by atoms with Gasteiger partial charge in [0.2, 0.25) is 5.91 Å². The van der Waals surface area contributed by atoms with E-state index in [1.807, 2.05) is 73.7 Å². The molecule has 0 unspecified atom stereocenters. The average Bonchev–Trinajstić information content (AvgIpc) is 3.71. The van der Waals surface area contributed by atoms with E-state index in [-0.39, 0.29) is 17.7 Å². The lowest BCUT2D eigenvalue weighted by Crippen LogP contribution is -2.36. The maximum Gasteiger partial charge on any atom is 0.255 e. The van der Waals surface area contributed by atoms with Crippen LogP contribution >= 0.6 is 0 Å². The van der Waals surface area contributed by atoms with Gasteiger partial charge in [-0.25, -0.2) is 0 Å². The molecule has 2 aliphatic rings. The third-order valence-corrected chi connectivity index (χ3v) is 6.38. The monoisotopic (exact) mass is 455 g/mol. The molecule has 1 saturated carbocycles. The van der Waals surface area contributed by atoms with Gasteiger partial charge in [0.25, 0.3) is 5.91 Å². The minimum atomic E-state index is -0.146. The Kier molecular flexibility index (Phi) is 6.32. The number of ether oxygens (including phenoxy) is 1. The van der Waals surface area contributed by atoms with Gasteiger partial charge < -0.3 is 20.3 Å². The largest absolute Gasteiger partial charge is 0.378 e. The summed E-state index contributed by atoms with van der Waals surface area (Å²) in [6, 6.07) is 21.5. The molecule has 0 atom stereocenters. The fourth-order valence-electron chi connectivity index (χ4n) is 4.26. The van der Waals surface area contributed by atoms with E-state index in [2.05, 4.69) is 15.5 Å². The molecule has 2 fully saturated rings. The summed E-state index contributed by atoms with van der Waals surface area (Å²) in [4.78, 5) is 27.3. The maximum absolute atomic E-state index is 12.9. The zero-order chi connectivity index (χ0) is 23.5. The third kappa shape index (κ3) is 5.13. The Labute approximate surface area is 199 Å². The smallest absolute Gasteiger partial charge is 0.255 e. The van der Waals surface area contributed by atoms with Gasteiger partial charge in [-0.3, -0.25) is 9.59 Å². The van der Waals surface area contributed by atoms with E-state index < -0.39 is 0 Å². The van der Waals surface area contributed by atoms with E-state index in [1.54, 1.807) is 0 Å². The number of carbonyl (C=O) groups excluding carboxylic acids is 2. The van der Waals surface area contributed by atoms with Crippen LogP contribution in [0.25, 0.3) is 11.1 Å². The van der Waals surface area contributed by atoms with E-state index in [0.29, 0.717) is 5.56 Å². The molecule has 1 saturated heterocycles. The summed E-state index contributed by atoms with van der Waals surface area (Å²) >= 11 is 0. The van der Waals surface area contributed by atoms with Crippen molar-refractivity contribution in [2.24, 2.45) is 5.92 Å². The molecule has 2 amide bonds. The van der Waals surface area contributed by atoms with Crippen molar-refractivity contribution in [3.8, 4) is 11.1 Å². The van der Waals surface area contributed by atoms with Gasteiger partial charge in [-0.15, -0.1) is 0 Å². The number of benzene rings is 3. The van der Waals surface area contributed by atoms with Crippen LogP contribution in [-0.2, 0) is 9.53 Å². The van der Waals surface area contributed by atoms with E-state index in [9.17, 15) is 9.59 Å². The number of anilines is 3. The molecule has 0 aromatic heterocycles. The van der Waals surface area contributed by atoms with Crippen molar-refractivity contribution in [2.45, 2.75) is 19.8 Å².